The summed E-state index contributed by atoms with van der Waals surface area (Å²) in [7, 11) is -5.10. The molecule has 488 valence electrons. The van der Waals surface area contributed by atoms with Crippen LogP contribution in [0.25, 0.3) is 21.5 Å². The summed E-state index contributed by atoms with van der Waals surface area (Å²) < 4.78 is 24.8. The SMILES string of the molecule is CC(C)[C@H](NC(=O)CCCCCN1C(=O)C=CC1=O)C(=O)N[C@@H](CCCNC(N)=O)C(=O)Nc1ccc(COc2cc3c(c4ccccc24)[C@H](CCl)CN3C(=O)CCCC(=O)N2c3c(C(C)(C)C)c(OP(=O)(O)O)c4ccccc4c3C(CCl)[C@H]2C(C)(C)C)cc1. The smallest absolute Gasteiger partial charge is 0.488 e. The van der Waals surface area contributed by atoms with Gasteiger partial charge in [0.1, 0.15) is 30.2 Å². The highest BCUT2D eigenvalue weighted by Crippen LogP contribution is 2.59. The molecule has 9 amide bonds. The highest BCUT2D eigenvalue weighted by atomic mass is 35.5. The zero-order valence-electron chi connectivity index (χ0n) is 52.7. The van der Waals surface area contributed by atoms with Crippen molar-refractivity contribution in [3.8, 4) is 11.5 Å². The van der Waals surface area contributed by atoms with Crippen LogP contribution in [0.5, 0.6) is 11.5 Å². The Hall–Kier alpha value is -7.55. The number of alkyl halides is 2. The lowest BCUT2D eigenvalue weighted by Crippen LogP contribution is -2.54. The molecule has 3 aliphatic rings. The fourth-order valence-corrected chi connectivity index (χ4v) is 13.7. The van der Waals surface area contributed by atoms with Crippen LogP contribution < -0.4 is 46.1 Å². The predicted octanol–water partition coefficient (Wildman–Crippen LogP) is 10.5. The van der Waals surface area contributed by atoms with Gasteiger partial charge in [-0.15, -0.1) is 23.2 Å². The number of phosphoric acid groups is 1. The third-order valence-corrected chi connectivity index (χ3v) is 17.9. The molecule has 24 heteroatoms. The molecule has 5 aromatic rings. The fourth-order valence-electron chi connectivity index (χ4n) is 12.7. The van der Waals surface area contributed by atoms with Crippen molar-refractivity contribution in [2.24, 2.45) is 17.1 Å². The number of amides is 9. The van der Waals surface area contributed by atoms with Crippen LogP contribution in [0.2, 0.25) is 0 Å². The number of nitrogens with zero attached hydrogens (tertiary/aromatic N) is 3. The van der Waals surface area contributed by atoms with Gasteiger partial charge in [-0.05, 0) is 88.4 Å². The van der Waals surface area contributed by atoms with Crippen molar-refractivity contribution in [3.05, 3.63) is 113 Å². The lowest BCUT2D eigenvalue weighted by molar-refractivity contribution is -0.137. The number of imide groups is 1. The standard InChI is InChI=1S/C67H83Cl2N8O13P/c1-39(2)59(74-51(78)23-10-9-15-33-75-53(80)30-31-54(75)81)64(84)73-48(22-17-32-71-65(70)85)63(83)72-42-28-26-40(27-29-42)38-89-50-34-49-56(44-19-12-11-18-43(44)50)41(35-68)37-76(49)52(79)24-16-25-55(82)77-60-57(47(36-69)62(77)67(6,7)8)45-20-13-14-21-46(45)61(90-91(86,87)88)58(60)66(3,4)5/h11-14,18-21,26-31,34,39,41,47-48,59,62H,9-10,15-17,22-25,32-33,35-38H2,1-8H3,(H,72,83)(H,73,84)(H,74,78)(H3,70,71,85)(H2,86,87,88)/t41-,47?,48+,59+,62+/m1/s1. The minimum absolute atomic E-state index is 0.0000707. The van der Waals surface area contributed by atoms with Gasteiger partial charge in [-0.2, -0.15) is 0 Å². The molecule has 5 atom stereocenters. The average Bonchev–Trinajstić information content (AvgIpc) is 1.58. The van der Waals surface area contributed by atoms with E-state index in [1.165, 1.54) is 12.2 Å². The van der Waals surface area contributed by atoms with Crippen LogP contribution in [-0.2, 0) is 50.1 Å². The summed E-state index contributed by atoms with van der Waals surface area (Å²) in [6, 6.07) is 20.5. The van der Waals surface area contributed by atoms with Crippen molar-refractivity contribution in [2.75, 3.05) is 46.5 Å². The number of nitrogens with one attached hydrogen (secondary N) is 4. The van der Waals surface area contributed by atoms with E-state index in [1.807, 2.05) is 84.0 Å². The molecule has 5 aromatic carbocycles. The van der Waals surface area contributed by atoms with Gasteiger partial charge in [-0.25, -0.2) is 9.36 Å². The zero-order chi connectivity index (χ0) is 66.3. The number of fused-ring (bicyclic) bond motifs is 6. The number of rotatable bonds is 27. The first-order valence-corrected chi connectivity index (χ1v) is 33.5. The molecule has 21 nitrogen and oxygen atoms in total. The second-order valence-electron chi connectivity index (χ2n) is 26.0. The molecule has 3 heterocycles. The van der Waals surface area contributed by atoms with Crippen LogP contribution in [-0.4, -0.2) is 112 Å². The number of primary amides is 1. The van der Waals surface area contributed by atoms with Gasteiger partial charge < -0.3 is 46.1 Å². The summed E-state index contributed by atoms with van der Waals surface area (Å²) >= 11 is 13.6. The summed E-state index contributed by atoms with van der Waals surface area (Å²) in [5, 5.41) is 13.8. The quantitative estimate of drug-likeness (QED) is 0.0112. The number of carbonyl (C=O) groups excluding carboxylic acids is 8. The number of benzene rings is 5. The van der Waals surface area contributed by atoms with E-state index in [0.29, 0.717) is 65.0 Å². The van der Waals surface area contributed by atoms with Crippen molar-refractivity contribution in [3.63, 3.8) is 0 Å². The molecule has 91 heavy (non-hydrogen) atoms. The number of carbonyl (C=O) groups is 8. The Kier molecular flexibility index (Phi) is 22.4. The first-order valence-electron chi connectivity index (χ1n) is 30.9. The van der Waals surface area contributed by atoms with E-state index >= 15 is 4.79 Å². The highest BCUT2D eigenvalue weighted by molar-refractivity contribution is 7.46. The Morgan fingerprint density at radius 2 is 1.37 bits per heavy atom. The molecule has 0 aliphatic carbocycles. The molecule has 8 N–H and O–H groups in total. The molecule has 0 bridgehead atoms. The first kappa shape index (κ1) is 69.3. The molecule has 1 unspecified atom stereocenters. The van der Waals surface area contributed by atoms with Gasteiger partial charge in [-0.3, -0.25) is 48.2 Å². The Labute approximate surface area is 540 Å². The maximum atomic E-state index is 15.1. The lowest BCUT2D eigenvalue weighted by atomic mass is 9.77. The molecule has 0 radical (unpaired) electrons. The minimum Gasteiger partial charge on any atom is -0.488 e. The Morgan fingerprint density at radius 3 is 1.97 bits per heavy atom. The van der Waals surface area contributed by atoms with Gasteiger partial charge in [0.25, 0.3) is 11.8 Å². The highest BCUT2D eigenvalue weighted by Gasteiger charge is 2.51. The number of urea groups is 1. The van der Waals surface area contributed by atoms with Crippen LogP contribution in [0, 0.1) is 11.3 Å². The normalized spacial score (nSPS) is 17.1. The van der Waals surface area contributed by atoms with Gasteiger partial charge >= 0.3 is 13.9 Å². The minimum atomic E-state index is -5.10. The van der Waals surface area contributed by atoms with Crippen LogP contribution in [0.1, 0.15) is 147 Å². The summed E-state index contributed by atoms with van der Waals surface area (Å²) in [6.07, 6.45) is 4.65. The van der Waals surface area contributed by atoms with E-state index in [1.54, 1.807) is 60.0 Å². The van der Waals surface area contributed by atoms with E-state index in [4.69, 9.17) is 38.2 Å². The van der Waals surface area contributed by atoms with Crippen molar-refractivity contribution in [1.82, 2.24) is 20.9 Å². The third kappa shape index (κ3) is 16.4. The Morgan fingerprint density at radius 1 is 0.747 bits per heavy atom. The van der Waals surface area contributed by atoms with Crippen LogP contribution in [0.4, 0.5) is 21.9 Å². The number of ether oxygens (including phenoxy) is 1. The zero-order valence-corrected chi connectivity index (χ0v) is 55.1. The lowest BCUT2D eigenvalue weighted by Gasteiger charge is -2.39. The molecule has 8 rings (SSSR count). The van der Waals surface area contributed by atoms with Gasteiger partial charge in [-0.1, -0.05) is 122 Å². The van der Waals surface area contributed by atoms with Crippen molar-refractivity contribution < 1.29 is 62.0 Å². The van der Waals surface area contributed by atoms with E-state index in [9.17, 15) is 47.9 Å². The van der Waals surface area contributed by atoms with Gasteiger partial charge in [0.05, 0.1) is 11.4 Å². The van der Waals surface area contributed by atoms with E-state index in [-0.39, 0.29) is 123 Å². The number of phosphoric ester groups is 1. The largest absolute Gasteiger partial charge is 0.524 e. The summed E-state index contributed by atoms with van der Waals surface area (Å²) in [4.78, 5) is 131. The number of hydrogen-bond acceptors (Lipinski definition) is 11. The molecule has 3 aliphatic heterocycles. The molecule has 0 fully saturated rings. The van der Waals surface area contributed by atoms with Crippen LogP contribution >= 0.6 is 31.0 Å². The van der Waals surface area contributed by atoms with E-state index < -0.39 is 54.6 Å². The summed E-state index contributed by atoms with van der Waals surface area (Å²) in [5.74, 6) is -2.72. The second kappa shape index (κ2) is 29.4. The van der Waals surface area contributed by atoms with Crippen molar-refractivity contribution >= 4 is 117 Å². The average molecular weight is 1310 g/mol. The number of nitrogens with two attached hydrogens (primary N) is 1. The Balaban J connectivity index is 0.943. The third-order valence-electron chi connectivity index (χ3n) is 16.8. The van der Waals surface area contributed by atoms with Gasteiger partial charge in [0.2, 0.25) is 29.5 Å². The fraction of sp³-hybridized carbons (Fsp3) is 0.463. The molecular weight excluding hydrogens is 1230 g/mol. The van der Waals surface area contributed by atoms with Crippen LogP contribution in [0.3, 0.4) is 0 Å². The molecular formula is C67H83Cl2N8O13P. The summed E-state index contributed by atoms with van der Waals surface area (Å²) in [5.41, 5.74) is 8.47. The van der Waals surface area contributed by atoms with Crippen molar-refractivity contribution in [2.45, 2.75) is 155 Å². The second-order valence-corrected chi connectivity index (χ2v) is 27.8. The van der Waals surface area contributed by atoms with Gasteiger partial charge in [0, 0.05) is 109 Å². The van der Waals surface area contributed by atoms with E-state index in [2.05, 4.69) is 21.3 Å². The molecule has 0 saturated heterocycles. The topological polar surface area (TPSA) is 296 Å². The molecule has 0 spiro atoms. The maximum Gasteiger partial charge on any atom is 0.524 e. The Bertz CT molecular complexity index is 3660. The molecule has 0 aromatic heterocycles. The van der Waals surface area contributed by atoms with Gasteiger partial charge in [0.15, 0.2) is 0 Å². The predicted molar refractivity (Wildman–Crippen MR) is 352 cm³/mol. The monoisotopic (exact) mass is 1310 g/mol. The number of hydrogen-bond donors (Lipinski definition) is 7. The van der Waals surface area contributed by atoms with E-state index in [0.717, 1.165) is 32.4 Å². The number of anilines is 3. The summed E-state index contributed by atoms with van der Waals surface area (Å²) in [6.45, 7) is 16.2. The number of halogens is 2. The maximum absolute atomic E-state index is 15.1. The van der Waals surface area contributed by atoms with Crippen molar-refractivity contribution in [1.29, 1.82) is 0 Å². The first-order chi connectivity index (χ1) is 43.0. The van der Waals surface area contributed by atoms with Crippen LogP contribution in [0.15, 0.2) is 91.0 Å². The number of unbranched alkanes of at least 4 members (excludes halogenated alkanes) is 2. The molecule has 0 saturated carbocycles.